The van der Waals surface area contributed by atoms with Gasteiger partial charge in [-0.3, -0.25) is 0 Å². The summed E-state index contributed by atoms with van der Waals surface area (Å²) in [6.45, 7) is 2.27. The van der Waals surface area contributed by atoms with Crippen molar-refractivity contribution < 1.29 is 38.8 Å². The summed E-state index contributed by atoms with van der Waals surface area (Å²) in [5.74, 6) is 0.531. The Morgan fingerprint density at radius 3 is 1.38 bits per heavy atom. The summed E-state index contributed by atoms with van der Waals surface area (Å²) in [7, 11) is -3.64. The van der Waals surface area contributed by atoms with Crippen LogP contribution in [0.25, 0.3) is 21.5 Å². The molecule has 3 aromatic rings. The normalized spacial score (nSPS) is 11.6. The van der Waals surface area contributed by atoms with E-state index >= 15 is 0 Å². The molecule has 0 N–H and O–H groups in total. The molecule has 0 heterocycles. The van der Waals surface area contributed by atoms with Gasteiger partial charge in [-0.2, -0.15) is 8.42 Å². The van der Waals surface area contributed by atoms with Crippen LogP contribution in [0.1, 0.15) is 110 Å². The van der Waals surface area contributed by atoms with Gasteiger partial charge in [0.1, 0.15) is 0 Å². The molecule has 0 aromatic heterocycles. The van der Waals surface area contributed by atoms with Crippen molar-refractivity contribution in [1.29, 1.82) is 0 Å². The van der Waals surface area contributed by atoms with Crippen LogP contribution in [-0.2, 0) is 36.3 Å². The molecule has 0 fully saturated rings. The predicted octanol–water partition coefficient (Wildman–Crippen LogP) is 9.96. The van der Waals surface area contributed by atoms with Gasteiger partial charge >= 0.3 is 10.1 Å². The van der Waals surface area contributed by atoms with Crippen LogP contribution in [0, 0.1) is 0 Å². The first kappa shape index (κ1) is 32.0. The monoisotopic (exact) mass is 600 g/mol. The predicted molar refractivity (Wildman–Crippen MR) is 155 cm³/mol. The number of rotatable bonds is 19. The average Bonchev–Trinajstić information content (AvgIpc) is 2.88. The van der Waals surface area contributed by atoms with E-state index in [9.17, 15) is 8.42 Å². The minimum Gasteiger partial charge on any atom is -0.381 e. The second-order valence-electron chi connectivity index (χ2n) is 10.3. The summed E-state index contributed by atoms with van der Waals surface area (Å²) in [6, 6.07) is 17.7. The Balaban J connectivity index is 0.00000481. The zero-order valence-electron chi connectivity index (χ0n) is 22.8. The average molecular weight is 602 g/mol. The Kier molecular flexibility index (Phi) is 15.7. The largest absolute Gasteiger partial charge is 0.381 e. The molecule has 0 aliphatic heterocycles. The van der Waals surface area contributed by atoms with E-state index in [4.69, 9.17) is 4.18 Å². The number of fused-ring (bicyclic) bond motifs is 2. The molecule has 0 amide bonds. The molecule has 0 saturated heterocycles. The zero-order valence-corrected chi connectivity index (χ0v) is 26.1. The fraction of sp³-hybridized carbons (Fsp3) is 0.562. The van der Waals surface area contributed by atoms with E-state index in [0.29, 0.717) is 12.2 Å². The maximum atomic E-state index is 12.8. The van der Waals surface area contributed by atoms with Gasteiger partial charge in [0.05, 0.1) is 5.75 Å². The molecule has 0 radical (unpaired) electrons. The van der Waals surface area contributed by atoms with Crippen LogP contribution in [0.5, 0.6) is 5.75 Å². The third-order valence-corrected chi connectivity index (χ3v) is 8.39. The molecule has 3 rings (SSSR count). The minimum absolute atomic E-state index is 0. The van der Waals surface area contributed by atoms with Crippen molar-refractivity contribution in [2.75, 3.05) is 5.75 Å². The molecule has 0 aliphatic carbocycles. The molecule has 0 spiro atoms. The molecule has 0 aliphatic rings. The third kappa shape index (κ3) is 11.6. The summed E-state index contributed by atoms with van der Waals surface area (Å²) < 4.78 is 31.4. The van der Waals surface area contributed by atoms with Gasteiger partial charge in [-0.15, -0.1) is 0 Å². The number of unbranched alkanes of at least 4 members (excludes halogenated alkanes) is 15. The molecule has 0 bridgehead atoms. The Morgan fingerprint density at radius 1 is 0.568 bits per heavy atom. The SMILES string of the molecule is CCCCCCCCCCCCCCCCCCS(=O)(=O)Oc1c2ccccc2cc2ccccc12.[Zr]. The van der Waals surface area contributed by atoms with Gasteiger partial charge in [-0.25, -0.2) is 0 Å². The van der Waals surface area contributed by atoms with Gasteiger partial charge in [0.25, 0.3) is 0 Å². The molecule has 202 valence electrons. The molecule has 0 atom stereocenters. The van der Waals surface area contributed by atoms with Crippen LogP contribution >= 0.6 is 0 Å². The summed E-state index contributed by atoms with van der Waals surface area (Å²) in [4.78, 5) is 0. The van der Waals surface area contributed by atoms with Gasteiger partial charge in [0.2, 0.25) is 0 Å². The van der Waals surface area contributed by atoms with Crippen LogP contribution in [-0.4, -0.2) is 14.2 Å². The van der Waals surface area contributed by atoms with Crippen molar-refractivity contribution in [3.05, 3.63) is 54.6 Å². The Bertz CT molecular complexity index is 1090. The Morgan fingerprint density at radius 2 is 0.946 bits per heavy atom. The minimum atomic E-state index is -3.64. The molecular formula is C32H46O3SZr. The molecule has 5 heteroatoms. The zero-order chi connectivity index (χ0) is 25.5. The summed E-state index contributed by atoms with van der Waals surface area (Å²) in [6.07, 6.45) is 20.4. The van der Waals surface area contributed by atoms with E-state index < -0.39 is 10.1 Å². The van der Waals surface area contributed by atoms with Gasteiger partial charge in [-0.1, -0.05) is 152 Å². The molecule has 0 unspecified atom stereocenters. The van der Waals surface area contributed by atoms with Crippen LogP contribution in [0.3, 0.4) is 0 Å². The van der Waals surface area contributed by atoms with E-state index in [2.05, 4.69) is 13.0 Å². The van der Waals surface area contributed by atoms with Crippen LogP contribution in [0.4, 0.5) is 0 Å². The van der Waals surface area contributed by atoms with Crippen molar-refractivity contribution in [1.82, 2.24) is 0 Å². The van der Waals surface area contributed by atoms with Crippen LogP contribution in [0.15, 0.2) is 54.6 Å². The fourth-order valence-corrected chi connectivity index (χ4v) is 6.13. The molecular weight excluding hydrogens is 556 g/mol. The quantitative estimate of drug-likeness (QED) is 0.0780. The molecule has 37 heavy (non-hydrogen) atoms. The van der Waals surface area contributed by atoms with Gasteiger partial charge in [0.15, 0.2) is 5.75 Å². The van der Waals surface area contributed by atoms with Gasteiger partial charge in [0, 0.05) is 37.0 Å². The third-order valence-electron chi connectivity index (χ3n) is 7.18. The molecule has 3 nitrogen and oxygen atoms in total. The standard InChI is InChI=1S/C32H46O3S.Zr/c1-2-3-4-5-6-7-8-9-10-11-12-13-14-15-16-21-26-36(33,34)35-32-30-24-19-17-22-28(30)27-29-23-18-20-25-31(29)32;/h17-20,22-25,27H,2-16,21,26H2,1H3;. The summed E-state index contributed by atoms with van der Waals surface area (Å²) >= 11 is 0. The maximum absolute atomic E-state index is 12.8. The Hall–Kier alpha value is -1.19. The first-order valence-corrected chi connectivity index (χ1v) is 16.0. The fourth-order valence-electron chi connectivity index (χ4n) is 5.06. The van der Waals surface area contributed by atoms with Crippen molar-refractivity contribution >= 4 is 31.7 Å². The van der Waals surface area contributed by atoms with E-state index in [1.54, 1.807) is 0 Å². The number of hydrogen-bond donors (Lipinski definition) is 0. The maximum Gasteiger partial charge on any atom is 0.309 e. The van der Waals surface area contributed by atoms with E-state index in [0.717, 1.165) is 34.4 Å². The molecule has 0 saturated carbocycles. The number of hydrogen-bond acceptors (Lipinski definition) is 3. The smallest absolute Gasteiger partial charge is 0.309 e. The first-order chi connectivity index (χ1) is 17.6. The van der Waals surface area contributed by atoms with Crippen LogP contribution in [0.2, 0.25) is 0 Å². The van der Waals surface area contributed by atoms with Gasteiger partial charge < -0.3 is 4.18 Å². The number of benzene rings is 3. The summed E-state index contributed by atoms with van der Waals surface area (Å²) in [5, 5.41) is 3.66. The molecule has 3 aromatic carbocycles. The van der Waals surface area contributed by atoms with Crippen LogP contribution < -0.4 is 4.18 Å². The van der Waals surface area contributed by atoms with Gasteiger partial charge in [-0.05, 0) is 23.3 Å². The van der Waals surface area contributed by atoms with E-state index in [1.165, 1.54) is 83.5 Å². The summed E-state index contributed by atoms with van der Waals surface area (Å²) in [5.41, 5.74) is 0. The van der Waals surface area contributed by atoms with E-state index in [1.807, 2.05) is 48.5 Å². The van der Waals surface area contributed by atoms with E-state index in [-0.39, 0.29) is 32.0 Å². The Labute approximate surface area is 245 Å². The van der Waals surface area contributed by atoms with Crippen molar-refractivity contribution in [3.8, 4) is 5.75 Å². The van der Waals surface area contributed by atoms with Crippen molar-refractivity contribution in [2.45, 2.75) is 110 Å². The second-order valence-corrected chi connectivity index (χ2v) is 12.0. The topological polar surface area (TPSA) is 43.4 Å². The first-order valence-electron chi connectivity index (χ1n) is 14.4. The second kappa shape index (κ2) is 18.2. The van der Waals surface area contributed by atoms with Crippen molar-refractivity contribution in [3.63, 3.8) is 0 Å². The van der Waals surface area contributed by atoms with Crippen molar-refractivity contribution in [2.24, 2.45) is 0 Å².